The van der Waals surface area contributed by atoms with Gasteiger partial charge in [0, 0.05) is 44.0 Å². The highest BCUT2D eigenvalue weighted by Gasteiger charge is 2.31. The van der Waals surface area contributed by atoms with Crippen LogP contribution in [0.3, 0.4) is 0 Å². The minimum Gasteiger partial charge on any atom is -0.493 e. The number of aryl methyl sites for hydroxylation is 1. The third-order valence-electron chi connectivity index (χ3n) is 5.07. The summed E-state index contributed by atoms with van der Waals surface area (Å²) in [5.74, 6) is 0.848. The summed E-state index contributed by atoms with van der Waals surface area (Å²) in [4.78, 5) is 19.4. The second-order valence-electron chi connectivity index (χ2n) is 6.42. The van der Waals surface area contributed by atoms with Crippen LogP contribution in [0.5, 0.6) is 5.88 Å². The molecule has 7 heteroatoms. The smallest absolute Gasteiger partial charge is 0.219 e. The molecule has 1 amide bonds. The van der Waals surface area contributed by atoms with Gasteiger partial charge in [0.05, 0.1) is 5.69 Å². The van der Waals surface area contributed by atoms with Crippen molar-refractivity contribution in [3.8, 4) is 11.7 Å². The fraction of sp³-hybridized carbons (Fsp3) is 0.471. The van der Waals surface area contributed by atoms with Gasteiger partial charge in [-0.1, -0.05) is 6.07 Å². The van der Waals surface area contributed by atoms with Crippen LogP contribution >= 0.6 is 0 Å². The van der Waals surface area contributed by atoms with E-state index in [4.69, 9.17) is 0 Å². The van der Waals surface area contributed by atoms with E-state index in [-0.39, 0.29) is 5.88 Å². The predicted molar refractivity (Wildman–Crippen MR) is 88.0 cm³/mol. The minimum absolute atomic E-state index is 0.208. The molecule has 0 spiro atoms. The van der Waals surface area contributed by atoms with E-state index in [9.17, 15) is 9.90 Å². The van der Waals surface area contributed by atoms with Crippen LogP contribution in [-0.4, -0.2) is 68.3 Å². The summed E-state index contributed by atoms with van der Waals surface area (Å²) >= 11 is 0. The number of pyridine rings is 1. The van der Waals surface area contributed by atoms with Gasteiger partial charge in [-0.3, -0.25) is 9.69 Å². The molecule has 1 aliphatic heterocycles. The van der Waals surface area contributed by atoms with Crippen molar-refractivity contribution in [3.63, 3.8) is 0 Å². The first-order valence-electron chi connectivity index (χ1n) is 8.41. The molecule has 2 aromatic rings. The summed E-state index contributed by atoms with van der Waals surface area (Å²) in [7, 11) is 0. The molecular weight excluding hydrogens is 306 g/mol. The molecule has 1 aliphatic carbocycles. The van der Waals surface area contributed by atoms with Crippen molar-refractivity contribution in [2.45, 2.75) is 25.3 Å². The van der Waals surface area contributed by atoms with Crippen molar-refractivity contribution in [3.05, 3.63) is 35.7 Å². The molecular formula is C17H21N5O2. The van der Waals surface area contributed by atoms with Crippen molar-refractivity contribution in [2.24, 2.45) is 0 Å². The molecule has 1 saturated heterocycles. The van der Waals surface area contributed by atoms with E-state index in [1.807, 2.05) is 23.1 Å². The quantitative estimate of drug-likeness (QED) is 0.836. The fourth-order valence-electron chi connectivity index (χ4n) is 3.69. The highest BCUT2D eigenvalue weighted by molar-refractivity contribution is 5.47. The van der Waals surface area contributed by atoms with Gasteiger partial charge in [-0.15, -0.1) is 0 Å². The molecule has 0 radical (unpaired) electrons. The van der Waals surface area contributed by atoms with Gasteiger partial charge in [0.25, 0.3) is 0 Å². The number of fused-ring (bicyclic) bond motifs is 1. The van der Waals surface area contributed by atoms with Crippen molar-refractivity contribution in [2.75, 3.05) is 26.2 Å². The zero-order valence-corrected chi connectivity index (χ0v) is 13.5. The Morgan fingerprint density at radius 3 is 2.75 bits per heavy atom. The third-order valence-corrected chi connectivity index (χ3v) is 5.07. The van der Waals surface area contributed by atoms with Gasteiger partial charge in [0.1, 0.15) is 0 Å². The van der Waals surface area contributed by atoms with Gasteiger partial charge in [0.15, 0.2) is 5.82 Å². The van der Waals surface area contributed by atoms with Gasteiger partial charge < -0.3 is 10.0 Å². The van der Waals surface area contributed by atoms with Gasteiger partial charge >= 0.3 is 0 Å². The molecule has 1 fully saturated rings. The first-order valence-corrected chi connectivity index (χ1v) is 8.41. The van der Waals surface area contributed by atoms with Crippen LogP contribution in [0.25, 0.3) is 5.82 Å². The third kappa shape index (κ3) is 2.65. The molecule has 2 aromatic heterocycles. The van der Waals surface area contributed by atoms with Crippen LogP contribution < -0.4 is 0 Å². The number of hydrogen-bond acceptors (Lipinski definition) is 5. The van der Waals surface area contributed by atoms with E-state index >= 15 is 0 Å². The van der Waals surface area contributed by atoms with Crippen LogP contribution in [0, 0.1) is 0 Å². The zero-order valence-electron chi connectivity index (χ0n) is 13.5. The Hall–Kier alpha value is -2.41. The van der Waals surface area contributed by atoms with Gasteiger partial charge in [0.2, 0.25) is 12.3 Å². The van der Waals surface area contributed by atoms with Crippen molar-refractivity contribution < 1.29 is 9.90 Å². The maximum Gasteiger partial charge on any atom is 0.219 e. The van der Waals surface area contributed by atoms with E-state index in [0.29, 0.717) is 11.9 Å². The number of hydrogen-bond donors (Lipinski definition) is 1. The molecule has 4 rings (SSSR count). The van der Waals surface area contributed by atoms with Crippen molar-refractivity contribution in [1.29, 1.82) is 0 Å². The van der Waals surface area contributed by atoms with Crippen LogP contribution in [0.1, 0.15) is 17.7 Å². The lowest BCUT2D eigenvalue weighted by Gasteiger charge is -2.39. The maximum atomic E-state index is 10.8. The first kappa shape index (κ1) is 15.1. The molecule has 2 aliphatic rings. The Balaban J connectivity index is 1.53. The summed E-state index contributed by atoms with van der Waals surface area (Å²) in [6.45, 7) is 3.36. The number of aromatic nitrogens is 3. The van der Waals surface area contributed by atoms with Crippen LogP contribution in [-0.2, 0) is 17.6 Å². The molecule has 1 unspecified atom stereocenters. The summed E-state index contributed by atoms with van der Waals surface area (Å²) in [5.41, 5.74) is 1.91. The predicted octanol–water partition coefficient (Wildman–Crippen LogP) is 0.604. The van der Waals surface area contributed by atoms with Gasteiger partial charge in [-0.25, -0.2) is 4.98 Å². The van der Waals surface area contributed by atoms with E-state index in [1.165, 1.54) is 4.68 Å². The molecule has 1 N–H and O–H groups in total. The first-order chi connectivity index (χ1) is 11.8. The van der Waals surface area contributed by atoms with E-state index in [0.717, 1.165) is 63.1 Å². The molecule has 1 atom stereocenters. The highest BCUT2D eigenvalue weighted by Crippen LogP contribution is 2.32. The second kappa shape index (κ2) is 6.24. The number of amides is 1. The van der Waals surface area contributed by atoms with Crippen LogP contribution in [0.15, 0.2) is 24.4 Å². The van der Waals surface area contributed by atoms with Crippen molar-refractivity contribution >= 4 is 6.41 Å². The van der Waals surface area contributed by atoms with Crippen LogP contribution in [0.4, 0.5) is 0 Å². The summed E-state index contributed by atoms with van der Waals surface area (Å²) in [5, 5.41) is 15.2. The Morgan fingerprint density at radius 2 is 2.04 bits per heavy atom. The largest absolute Gasteiger partial charge is 0.493 e. The number of carbonyl (C=O) groups excluding carboxylic acids is 1. The molecule has 0 saturated carbocycles. The molecule has 0 aromatic carbocycles. The number of rotatable bonds is 3. The SMILES string of the molecule is O=CN1CCN(C2CCc3nn(-c4ccccn4)c(O)c3C2)CC1. The Bertz CT molecular complexity index is 722. The van der Waals surface area contributed by atoms with E-state index in [1.54, 1.807) is 6.20 Å². The van der Waals surface area contributed by atoms with Gasteiger partial charge in [-0.2, -0.15) is 9.78 Å². The zero-order chi connectivity index (χ0) is 16.5. The molecule has 126 valence electrons. The normalized spacial score (nSPS) is 21.5. The number of aromatic hydroxyl groups is 1. The molecule has 7 nitrogen and oxygen atoms in total. The Kier molecular flexibility index (Phi) is 3.93. The average molecular weight is 327 g/mol. The summed E-state index contributed by atoms with van der Waals surface area (Å²) < 4.78 is 1.54. The minimum atomic E-state index is 0.208. The van der Waals surface area contributed by atoms with Crippen LogP contribution in [0.2, 0.25) is 0 Å². The second-order valence-corrected chi connectivity index (χ2v) is 6.42. The van der Waals surface area contributed by atoms with E-state index in [2.05, 4.69) is 15.0 Å². The number of carbonyl (C=O) groups is 1. The topological polar surface area (TPSA) is 74.5 Å². The summed E-state index contributed by atoms with van der Waals surface area (Å²) in [6, 6.07) is 5.98. The number of piperazine rings is 1. The monoisotopic (exact) mass is 327 g/mol. The van der Waals surface area contributed by atoms with E-state index < -0.39 is 0 Å². The highest BCUT2D eigenvalue weighted by atomic mass is 16.3. The summed E-state index contributed by atoms with van der Waals surface area (Å²) in [6.07, 6.45) is 5.33. The Labute approximate surface area is 140 Å². The maximum absolute atomic E-state index is 10.8. The molecule has 0 bridgehead atoms. The standard InChI is InChI=1S/C17H21N5O2/c23-12-20-7-9-21(10-8-20)13-4-5-15-14(11-13)17(24)22(19-15)16-3-1-2-6-18-16/h1-3,6,12-13,24H,4-5,7-11H2. The lowest BCUT2D eigenvalue weighted by molar-refractivity contribution is -0.120. The lowest BCUT2D eigenvalue weighted by atomic mass is 9.91. The fourth-order valence-corrected chi connectivity index (χ4v) is 3.69. The van der Waals surface area contributed by atoms with Crippen molar-refractivity contribution in [1.82, 2.24) is 24.6 Å². The number of nitrogens with zero attached hydrogens (tertiary/aromatic N) is 5. The van der Waals surface area contributed by atoms with Gasteiger partial charge in [-0.05, 0) is 31.4 Å². The Morgan fingerprint density at radius 1 is 1.21 bits per heavy atom. The average Bonchev–Trinajstić information content (AvgIpc) is 2.99. The lowest BCUT2D eigenvalue weighted by Crippen LogP contribution is -2.51. The molecule has 3 heterocycles. The molecule has 24 heavy (non-hydrogen) atoms.